The van der Waals surface area contributed by atoms with E-state index in [0.29, 0.717) is 50.8 Å². The predicted molar refractivity (Wildman–Crippen MR) is 138 cm³/mol. The van der Waals surface area contributed by atoms with Crippen LogP contribution in [-0.2, 0) is 6.61 Å². The molecule has 0 spiro atoms. The van der Waals surface area contributed by atoms with Crippen LogP contribution >= 0.6 is 23.2 Å². The zero-order chi connectivity index (χ0) is 25.2. The number of rotatable bonds is 11. The minimum atomic E-state index is -0.424. The van der Waals surface area contributed by atoms with Gasteiger partial charge in [0.25, 0.3) is 5.91 Å². The summed E-state index contributed by atoms with van der Waals surface area (Å²) < 4.78 is 22.1. The fourth-order valence-electron chi connectivity index (χ4n) is 3.03. The summed E-state index contributed by atoms with van der Waals surface area (Å²) >= 11 is 12.6. The van der Waals surface area contributed by atoms with Crippen LogP contribution in [0.2, 0.25) is 10.0 Å². The molecular weight excluding hydrogens is 491 g/mol. The van der Waals surface area contributed by atoms with Crippen LogP contribution < -0.4 is 24.4 Å². The number of nitrogens with zero attached hydrogens (tertiary/aromatic N) is 1. The highest BCUT2D eigenvalue weighted by molar-refractivity contribution is 6.32. The van der Waals surface area contributed by atoms with E-state index >= 15 is 0 Å². The normalized spacial score (nSPS) is 10.6. The highest BCUT2D eigenvalue weighted by Gasteiger charge is 2.14. The monoisotopic (exact) mass is 514 g/mol. The van der Waals surface area contributed by atoms with E-state index in [1.807, 2.05) is 18.2 Å². The molecule has 0 aliphatic heterocycles. The number of hydrogen-bond donors (Lipinski definition) is 1. The number of halogens is 2. The molecule has 0 atom stereocenters. The van der Waals surface area contributed by atoms with Crippen LogP contribution in [0.4, 0.5) is 0 Å². The molecule has 0 aliphatic rings. The molecule has 0 heterocycles. The van der Waals surface area contributed by atoms with Crippen LogP contribution in [0.1, 0.15) is 21.5 Å². The second-order valence-electron chi connectivity index (χ2n) is 7.08. The van der Waals surface area contributed by atoms with Crippen LogP contribution in [0.15, 0.2) is 72.4 Å². The van der Waals surface area contributed by atoms with Crippen molar-refractivity contribution in [3.63, 3.8) is 0 Å². The maximum Gasteiger partial charge on any atom is 0.271 e. The summed E-state index contributed by atoms with van der Waals surface area (Å²) in [6, 6.07) is 15.5. The van der Waals surface area contributed by atoms with Crippen molar-refractivity contribution in [2.45, 2.75) is 6.61 Å². The third-order valence-electron chi connectivity index (χ3n) is 4.74. The second kappa shape index (κ2) is 12.7. The first-order valence-corrected chi connectivity index (χ1v) is 11.2. The Balaban J connectivity index is 1.68. The molecule has 0 aliphatic carbocycles. The van der Waals surface area contributed by atoms with Gasteiger partial charge in [0.15, 0.2) is 23.0 Å². The van der Waals surface area contributed by atoms with Crippen molar-refractivity contribution < 1.29 is 23.7 Å². The molecule has 1 N–H and O–H groups in total. The van der Waals surface area contributed by atoms with Crippen molar-refractivity contribution in [1.82, 2.24) is 5.43 Å². The molecule has 0 unspecified atom stereocenters. The number of methoxy groups -OCH3 is 2. The average molecular weight is 515 g/mol. The molecule has 7 nitrogen and oxygen atoms in total. The number of hydrogen-bond acceptors (Lipinski definition) is 6. The van der Waals surface area contributed by atoms with Gasteiger partial charge >= 0.3 is 0 Å². The molecule has 35 heavy (non-hydrogen) atoms. The third kappa shape index (κ3) is 6.91. The lowest BCUT2D eigenvalue weighted by Crippen LogP contribution is -2.17. The van der Waals surface area contributed by atoms with E-state index < -0.39 is 5.91 Å². The minimum absolute atomic E-state index is 0.222. The van der Waals surface area contributed by atoms with E-state index in [-0.39, 0.29) is 6.61 Å². The Morgan fingerprint density at radius 1 is 0.971 bits per heavy atom. The first-order chi connectivity index (χ1) is 17.0. The number of nitrogens with one attached hydrogen (secondary N) is 1. The highest BCUT2D eigenvalue weighted by Crippen LogP contribution is 2.37. The number of ether oxygens (including phenoxy) is 4. The van der Waals surface area contributed by atoms with Crippen molar-refractivity contribution in [3.05, 3.63) is 94.0 Å². The van der Waals surface area contributed by atoms with Crippen molar-refractivity contribution in [2.24, 2.45) is 5.10 Å². The van der Waals surface area contributed by atoms with E-state index in [1.54, 1.807) is 42.5 Å². The molecule has 0 saturated carbocycles. The van der Waals surface area contributed by atoms with E-state index in [1.165, 1.54) is 20.4 Å². The van der Waals surface area contributed by atoms with Crippen LogP contribution in [0.3, 0.4) is 0 Å². The lowest BCUT2D eigenvalue weighted by molar-refractivity contribution is 0.0954. The van der Waals surface area contributed by atoms with Gasteiger partial charge in [-0.05, 0) is 42.0 Å². The topological polar surface area (TPSA) is 78.4 Å². The largest absolute Gasteiger partial charge is 0.493 e. The van der Waals surface area contributed by atoms with E-state index in [2.05, 4.69) is 17.1 Å². The number of benzene rings is 3. The quantitative estimate of drug-likeness (QED) is 0.195. The van der Waals surface area contributed by atoms with Gasteiger partial charge in [0, 0.05) is 16.1 Å². The Labute approximate surface area is 213 Å². The summed E-state index contributed by atoms with van der Waals surface area (Å²) in [6.07, 6.45) is 3.07. The summed E-state index contributed by atoms with van der Waals surface area (Å²) in [5.41, 5.74) is 4.24. The Morgan fingerprint density at radius 2 is 1.74 bits per heavy atom. The summed E-state index contributed by atoms with van der Waals surface area (Å²) in [6.45, 7) is 4.15. The summed E-state index contributed by atoms with van der Waals surface area (Å²) in [5, 5.41) is 4.93. The van der Waals surface area contributed by atoms with Crippen LogP contribution in [-0.4, -0.2) is 32.9 Å². The minimum Gasteiger partial charge on any atom is -0.493 e. The number of carbonyl (C=O) groups is 1. The summed E-state index contributed by atoms with van der Waals surface area (Å²) in [5.74, 6) is 1.30. The van der Waals surface area contributed by atoms with Gasteiger partial charge in [-0.15, -0.1) is 0 Å². The molecule has 0 radical (unpaired) electrons. The van der Waals surface area contributed by atoms with Crippen LogP contribution in [0, 0.1) is 0 Å². The lowest BCUT2D eigenvalue weighted by atomic mass is 10.2. The first-order valence-electron chi connectivity index (χ1n) is 10.5. The molecule has 3 rings (SSSR count). The molecule has 0 saturated heterocycles. The zero-order valence-corrected chi connectivity index (χ0v) is 20.7. The Hall–Kier alpha value is -3.68. The Kier molecular flexibility index (Phi) is 9.40. The Morgan fingerprint density at radius 3 is 2.46 bits per heavy atom. The van der Waals surface area contributed by atoms with Gasteiger partial charge in [0.1, 0.15) is 13.2 Å². The van der Waals surface area contributed by atoms with Crippen LogP contribution in [0.5, 0.6) is 23.0 Å². The molecule has 1 amide bonds. The van der Waals surface area contributed by atoms with E-state index in [0.717, 1.165) is 5.56 Å². The molecule has 3 aromatic rings. The lowest BCUT2D eigenvalue weighted by Gasteiger charge is -2.14. The second-order valence-corrected chi connectivity index (χ2v) is 7.89. The smallest absolute Gasteiger partial charge is 0.271 e. The van der Waals surface area contributed by atoms with Crippen molar-refractivity contribution >= 4 is 35.3 Å². The van der Waals surface area contributed by atoms with Gasteiger partial charge in [0.05, 0.1) is 25.5 Å². The average Bonchev–Trinajstić information content (AvgIpc) is 2.87. The fourth-order valence-corrected chi connectivity index (χ4v) is 3.49. The maximum absolute atomic E-state index is 12.5. The molecular formula is C26H24Cl2N2O5. The molecule has 182 valence electrons. The molecule has 9 heteroatoms. The van der Waals surface area contributed by atoms with Gasteiger partial charge in [0.2, 0.25) is 0 Å². The van der Waals surface area contributed by atoms with Crippen molar-refractivity contribution in [3.8, 4) is 23.0 Å². The zero-order valence-electron chi connectivity index (χ0n) is 19.2. The number of carbonyl (C=O) groups excluding carboxylic acids is 1. The van der Waals surface area contributed by atoms with Gasteiger partial charge in [-0.2, -0.15) is 5.10 Å². The SMILES string of the molecule is C=CCOc1ccc(C(=O)N/N=C/c2cc(Cl)c(OCc3ccccc3Cl)c(OC)c2)cc1OC. The molecule has 3 aromatic carbocycles. The van der Waals surface area contributed by atoms with Crippen molar-refractivity contribution in [2.75, 3.05) is 20.8 Å². The number of hydrazone groups is 1. The molecule has 0 bridgehead atoms. The van der Waals surface area contributed by atoms with Gasteiger partial charge in [-0.25, -0.2) is 5.43 Å². The van der Waals surface area contributed by atoms with Crippen LogP contribution in [0.25, 0.3) is 0 Å². The highest BCUT2D eigenvalue weighted by atomic mass is 35.5. The molecule has 0 fully saturated rings. The van der Waals surface area contributed by atoms with E-state index in [4.69, 9.17) is 42.1 Å². The first kappa shape index (κ1) is 25.9. The third-order valence-corrected chi connectivity index (χ3v) is 5.39. The predicted octanol–water partition coefficient (Wildman–Crippen LogP) is 5.92. The van der Waals surface area contributed by atoms with Gasteiger partial charge in [-0.3, -0.25) is 4.79 Å². The maximum atomic E-state index is 12.5. The molecule has 0 aromatic heterocycles. The number of amides is 1. The van der Waals surface area contributed by atoms with E-state index in [9.17, 15) is 4.79 Å². The Bertz CT molecular complexity index is 1230. The summed E-state index contributed by atoms with van der Waals surface area (Å²) in [7, 11) is 3.00. The van der Waals surface area contributed by atoms with Gasteiger partial charge in [-0.1, -0.05) is 54.1 Å². The van der Waals surface area contributed by atoms with Crippen molar-refractivity contribution in [1.29, 1.82) is 0 Å². The summed E-state index contributed by atoms with van der Waals surface area (Å²) in [4.78, 5) is 12.5. The van der Waals surface area contributed by atoms with Gasteiger partial charge < -0.3 is 18.9 Å². The fraction of sp³-hybridized carbons (Fsp3) is 0.154. The standard InChI is InChI=1S/C26H24Cl2N2O5/c1-4-11-34-22-10-9-18(14-23(22)32-2)26(31)30-29-15-17-12-21(28)25(24(13-17)33-3)35-16-19-7-5-6-8-20(19)27/h4-10,12-15H,1,11,16H2,2-3H3,(H,30,31)/b29-15+.